The van der Waals surface area contributed by atoms with Crippen LogP contribution in [0.15, 0.2) is 48.8 Å². The number of nitrogens with zero attached hydrogens (tertiary/aromatic N) is 2. The predicted molar refractivity (Wildman–Crippen MR) is 99.5 cm³/mol. The Bertz CT molecular complexity index is 626. The molecule has 0 fully saturated rings. The van der Waals surface area contributed by atoms with E-state index in [1.807, 2.05) is 24.3 Å². The number of carbonyl (C=O) groups excluding carboxylic acids is 1. The maximum atomic E-state index is 12.5. The van der Waals surface area contributed by atoms with Gasteiger partial charge in [-0.25, -0.2) is 0 Å². The Balaban J connectivity index is 1.93. The normalized spacial score (nSPS) is 10.6. The number of benzene rings is 1. The Kier molecular flexibility index (Phi) is 7.23. The van der Waals surface area contributed by atoms with Crippen LogP contribution >= 0.6 is 0 Å². The molecule has 0 radical (unpaired) electrons. The molecule has 2 aromatic rings. The second-order valence-corrected chi connectivity index (χ2v) is 5.54. The maximum absolute atomic E-state index is 12.5. The van der Waals surface area contributed by atoms with Gasteiger partial charge >= 0.3 is 0 Å². The summed E-state index contributed by atoms with van der Waals surface area (Å²) in [5.41, 5.74) is 2.26. The molecule has 1 heterocycles. The molecule has 5 nitrogen and oxygen atoms in total. The van der Waals surface area contributed by atoms with Crippen LogP contribution in [-0.2, 0) is 0 Å². The topological polar surface area (TPSA) is 57.3 Å². The molecule has 5 heteroatoms. The van der Waals surface area contributed by atoms with Gasteiger partial charge in [0.15, 0.2) is 0 Å². The van der Waals surface area contributed by atoms with Gasteiger partial charge in [0.05, 0.1) is 5.56 Å². The van der Waals surface area contributed by atoms with Gasteiger partial charge in [-0.05, 0) is 50.3 Å². The summed E-state index contributed by atoms with van der Waals surface area (Å²) in [6.45, 7) is 8.40. The van der Waals surface area contributed by atoms with Gasteiger partial charge in [0.25, 0.3) is 5.91 Å². The van der Waals surface area contributed by atoms with Crippen molar-refractivity contribution in [3.05, 3.63) is 54.4 Å². The minimum Gasteiger partial charge on any atom is -0.384 e. The van der Waals surface area contributed by atoms with Crippen molar-refractivity contribution in [1.29, 1.82) is 0 Å². The maximum Gasteiger partial charge on any atom is 0.257 e. The van der Waals surface area contributed by atoms with Crippen LogP contribution in [0, 0.1) is 0 Å². The Morgan fingerprint density at radius 2 is 1.79 bits per heavy atom. The summed E-state index contributed by atoms with van der Waals surface area (Å²) in [6, 6.07) is 11.1. The Morgan fingerprint density at radius 3 is 2.50 bits per heavy atom. The average Bonchev–Trinajstić information content (AvgIpc) is 2.63. The van der Waals surface area contributed by atoms with E-state index in [-0.39, 0.29) is 5.91 Å². The third-order valence-corrected chi connectivity index (χ3v) is 3.97. The fourth-order valence-corrected chi connectivity index (χ4v) is 2.53. The van der Waals surface area contributed by atoms with Gasteiger partial charge in [-0.3, -0.25) is 9.78 Å². The zero-order chi connectivity index (χ0) is 17.2. The van der Waals surface area contributed by atoms with Crippen LogP contribution in [0.2, 0.25) is 0 Å². The lowest BCUT2D eigenvalue weighted by molar-refractivity contribution is 0.102. The molecule has 0 bridgehead atoms. The third kappa shape index (κ3) is 5.35. The van der Waals surface area contributed by atoms with Crippen molar-refractivity contribution in [2.24, 2.45) is 0 Å². The summed E-state index contributed by atoms with van der Waals surface area (Å²) in [5, 5.41) is 6.28. The predicted octanol–water partition coefficient (Wildman–Crippen LogP) is 3.48. The summed E-state index contributed by atoms with van der Waals surface area (Å²) in [7, 11) is 0. The highest BCUT2D eigenvalue weighted by molar-refractivity contribution is 6.07. The smallest absolute Gasteiger partial charge is 0.257 e. The van der Waals surface area contributed by atoms with Crippen molar-refractivity contribution >= 4 is 17.3 Å². The molecule has 0 saturated heterocycles. The quantitative estimate of drug-likeness (QED) is 0.693. The molecular formula is C19H26N4O. The molecule has 1 amide bonds. The second kappa shape index (κ2) is 9.67. The Morgan fingerprint density at radius 1 is 1.08 bits per heavy atom. The molecule has 0 unspecified atom stereocenters. The Hall–Kier alpha value is -2.40. The molecule has 0 aliphatic carbocycles. The van der Waals surface area contributed by atoms with Crippen LogP contribution in [0.5, 0.6) is 0 Å². The fraction of sp³-hybridized carbons (Fsp3) is 0.368. The number of anilines is 2. The van der Waals surface area contributed by atoms with Gasteiger partial charge in [-0.15, -0.1) is 0 Å². The summed E-state index contributed by atoms with van der Waals surface area (Å²) in [5.74, 6) is -0.118. The number of para-hydroxylation sites is 1. The minimum absolute atomic E-state index is 0.118. The number of nitrogens with one attached hydrogen (secondary N) is 2. The van der Waals surface area contributed by atoms with E-state index in [1.165, 1.54) is 0 Å². The monoisotopic (exact) mass is 326 g/mol. The third-order valence-electron chi connectivity index (χ3n) is 3.97. The standard InChI is InChI=1S/C19H26N4O/c1-3-23(4-2)15-7-12-21-18-9-6-5-8-17(18)19(24)22-16-10-13-20-14-11-16/h5-6,8-11,13-14,21H,3-4,7,12,15H2,1-2H3,(H,20,22,24). The molecular weight excluding hydrogens is 300 g/mol. The van der Waals surface area contributed by atoms with E-state index >= 15 is 0 Å². The highest BCUT2D eigenvalue weighted by atomic mass is 16.1. The van der Waals surface area contributed by atoms with E-state index in [2.05, 4.69) is 34.4 Å². The fourth-order valence-electron chi connectivity index (χ4n) is 2.53. The van der Waals surface area contributed by atoms with Crippen molar-refractivity contribution in [3.63, 3.8) is 0 Å². The largest absolute Gasteiger partial charge is 0.384 e. The molecule has 0 saturated carbocycles. The number of hydrogen-bond donors (Lipinski definition) is 2. The molecule has 128 valence electrons. The lowest BCUT2D eigenvalue weighted by atomic mass is 10.1. The number of pyridine rings is 1. The van der Waals surface area contributed by atoms with Crippen LogP contribution in [0.25, 0.3) is 0 Å². The first kappa shape index (κ1) is 17.9. The summed E-state index contributed by atoms with van der Waals surface area (Å²) in [6.07, 6.45) is 4.36. The van der Waals surface area contributed by atoms with Gasteiger partial charge in [-0.2, -0.15) is 0 Å². The molecule has 0 aliphatic heterocycles. The molecule has 0 atom stereocenters. The molecule has 1 aromatic carbocycles. The Labute approximate surface area is 144 Å². The lowest BCUT2D eigenvalue weighted by Gasteiger charge is -2.18. The number of hydrogen-bond acceptors (Lipinski definition) is 4. The van der Waals surface area contributed by atoms with E-state index in [1.54, 1.807) is 24.5 Å². The van der Waals surface area contributed by atoms with Gasteiger partial charge in [-0.1, -0.05) is 26.0 Å². The van der Waals surface area contributed by atoms with Crippen molar-refractivity contribution in [2.75, 3.05) is 36.8 Å². The zero-order valence-corrected chi connectivity index (χ0v) is 14.5. The molecule has 24 heavy (non-hydrogen) atoms. The van der Waals surface area contributed by atoms with E-state index in [4.69, 9.17) is 0 Å². The van der Waals surface area contributed by atoms with Crippen LogP contribution < -0.4 is 10.6 Å². The molecule has 1 aromatic heterocycles. The summed E-state index contributed by atoms with van der Waals surface area (Å²) in [4.78, 5) is 18.8. The van der Waals surface area contributed by atoms with Crippen LogP contribution in [0.3, 0.4) is 0 Å². The van der Waals surface area contributed by atoms with Crippen molar-refractivity contribution in [3.8, 4) is 0 Å². The van der Waals surface area contributed by atoms with Crippen LogP contribution in [0.4, 0.5) is 11.4 Å². The second-order valence-electron chi connectivity index (χ2n) is 5.54. The summed E-state index contributed by atoms with van der Waals surface area (Å²) < 4.78 is 0. The number of aromatic nitrogens is 1. The van der Waals surface area contributed by atoms with E-state index < -0.39 is 0 Å². The highest BCUT2D eigenvalue weighted by Crippen LogP contribution is 2.17. The molecule has 0 spiro atoms. The number of amides is 1. The SMILES string of the molecule is CCN(CC)CCCNc1ccccc1C(=O)Nc1ccncc1. The van der Waals surface area contributed by atoms with Crippen molar-refractivity contribution in [1.82, 2.24) is 9.88 Å². The van der Waals surface area contributed by atoms with Gasteiger partial charge in [0.1, 0.15) is 0 Å². The number of carbonyl (C=O) groups is 1. The average molecular weight is 326 g/mol. The van der Waals surface area contributed by atoms with Gasteiger partial charge in [0.2, 0.25) is 0 Å². The van der Waals surface area contributed by atoms with Gasteiger partial charge < -0.3 is 15.5 Å². The van der Waals surface area contributed by atoms with Crippen molar-refractivity contribution in [2.45, 2.75) is 20.3 Å². The summed E-state index contributed by atoms with van der Waals surface area (Å²) >= 11 is 0. The van der Waals surface area contributed by atoms with Crippen molar-refractivity contribution < 1.29 is 4.79 Å². The van der Waals surface area contributed by atoms with E-state index in [0.29, 0.717) is 5.56 Å². The van der Waals surface area contributed by atoms with Gasteiger partial charge in [0, 0.05) is 30.3 Å². The molecule has 2 rings (SSSR count). The van der Waals surface area contributed by atoms with Crippen LogP contribution in [0.1, 0.15) is 30.6 Å². The van der Waals surface area contributed by atoms with E-state index in [9.17, 15) is 4.79 Å². The number of rotatable bonds is 9. The first-order valence-corrected chi connectivity index (χ1v) is 8.51. The highest BCUT2D eigenvalue weighted by Gasteiger charge is 2.11. The first-order chi connectivity index (χ1) is 11.7. The minimum atomic E-state index is -0.118. The zero-order valence-electron chi connectivity index (χ0n) is 14.5. The van der Waals surface area contributed by atoms with E-state index in [0.717, 1.165) is 44.0 Å². The first-order valence-electron chi connectivity index (χ1n) is 8.51. The lowest BCUT2D eigenvalue weighted by Crippen LogP contribution is -2.25. The molecule has 2 N–H and O–H groups in total. The molecule has 0 aliphatic rings. The van der Waals surface area contributed by atoms with Crippen LogP contribution in [-0.4, -0.2) is 42.0 Å².